The van der Waals surface area contributed by atoms with E-state index in [0.717, 1.165) is 64.2 Å². The lowest BCUT2D eigenvalue weighted by molar-refractivity contribution is -0.138. The minimum atomic E-state index is -3.18. The van der Waals surface area contributed by atoms with Gasteiger partial charge >= 0.3 is 11.9 Å². The van der Waals surface area contributed by atoms with Gasteiger partial charge in [-0.1, -0.05) is 65.2 Å². The van der Waals surface area contributed by atoms with Gasteiger partial charge in [-0.05, 0) is 25.7 Å². The van der Waals surface area contributed by atoms with Crippen molar-refractivity contribution >= 4 is 19.3 Å². The van der Waals surface area contributed by atoms with Crippen LogP contribution in [0.1, 0.15) is 104 Å². The van der Waals surface area contributed by atoms with Crippen molar-refractivity contribution in [3.05, 3.63) is 0 Å². The topological polar surface area (TPSA) is 112 Å². The van der Waals surface area contributed by atoms with Crippen LogP contribution in [-0.2, 0) is 14.2 Å². The summed E-state index contributed by atoms with van der Waals surface area (Å²) in [4.78, 5) is 31.4. The molecule has 0 aliphatic heterocycles. The molecule has 27 heavy (non-hydrogen) atoms. The Morgan fingerprint density at radius 1 is 0.667 bits per heavy atom. The summed E-state index contributed by atoms with van der Waals surface area (Å²) in [5.74, 6) is -1.50. The lowest BCUT2D eigenvalue weighted by atomic mass is 10.1. The first-order chi connectivity index (χ1) is 12.7. The summed E-state index contributed by atoms with van der Waals surface area (Å²) >= 11 is 0. The average molecular weight is 407 g/mol. The van der Waals surface area contributed by atoms with Crippen LogP contribution in [0.5, 0.6) is 0 Å². The van der Waals surface area contributed by atoms with E-state index in [-0.39, 0.29) is 24.2 Å². The molecule has 0 aliphatic carbocycles. The van der Waals surface area contributed by atoms with Crippen molar-refractivity contribution in [3.8, 4) is 0 Å². The largest absolute Gasteiger partial charge is 0.481 e. The number of unbranched alkanes of at least 4 members (excludes halogenated alkanes) is 8. The van der Waals surface area contributed by atoms with Crippen molar-refractivity contribution < 1.29 is 29.3 Å². The van der Waals surface area contributed by atoms with Crippen LogP contribution in [0.4, 0.5) is 0 Å². The smallest absolute Gasteiger partial charge is 0.303 e. The summed E-state index contributed by atoms with van der Waals surface area (Å²) in [6.07, 6.45) is 10.9. The first kappa shape index (κ1) is 26.1. The summed E-state index contributed by atoms with van der Waals surface area (Å²) in [7, 11) is -3.18. The van der Waals surface area contributed by atoms with Gasteiger partial charge in [0.05, 0.1) is 0 Å². The molecule has 0 radical (unpaired) electrons. The molecule has 0 saturated heterocycles. The van der Waals surface area contributed by atoms with E-state index >= 15 is 0 Å². The third-order valence-electron chi connectivity index (χ3n) is 5.29. The number of rotatable bonds is 18. The van der Waals surface area contributed by atoms with Crippen LogP contribution in [0.25, 0.3) is 0 Å². The molecule has 0 amide bonds. The number of hydrogen-bond acceptors (Lipinski definition) is 3. The van der Waals surface area contributed by atoms with E-state index in [1.807, 2.05) is 13.8 Å². The van der Waals surface area contributed by atoms with Gasteiger partial charge in [-0.3, -0.25) is 14.2 Å². The molecule has 0 aromatic carbocycles. The Labute approximate surface area is 164 Å². The molecule has 0 rings (SSSR count). The second kappa shape index (κ2) is 15.1. The Kier molecular flexibility index (Phi) is 14.6. The molecule has 0 fully saturated rings. The van der Waals surface area contributed by atoms with Gasteiger partial charge < -0.3 is 15.1 Å². The van der Waals surface area contributed by atoms with E-state index in [1.54, 1.807) is 0 Å². The number of carboxylic acids is 2. The maximum Gasteiger partial charge on any atom is 0.303 e. The first-order valence-electron chi connectivity index (χ1n) is 10.4. The van der Waals surface area contributed by atoms with Crippen LogP contribution >= 0.6 is 7.37 Å². The quantitative estimate of drug-likeness (QED) is 0.200. The van der Waals surface area contributed by atoms with Crippen molar-refractivity contribution in [2.24, 2.45) is 0 Å². The Morgan fingerprint density at radius 3 is 1.30 bits per heavy atom. The van der Waals surface area contributed by atoms with Crippen molar-refractivity contribution in [2.45, 2.75) is 115 Å². The van der Waals surface area contributed by atoms with Crippen molar-refractivity contribution in [1.82, 2.24) is 0 Å². The highest BCUT2D eigenvalue weighted by molar-refractivity contribution is 7.59. The number of carboxylic acid groups (broad SMARTS) is 2. The summed E-state index contributed by atoms with van der Waals surface area (Å²) in [6, 6.07) is 0. The average Bonchev–Trinajstić information content (AvgIpc) is 2.58. The van der Waals surface area contributed by atoms with Gasteiger partial charge in [0.1, 0.15) is 0 Å². The van der Waals surface area contributed by atoms with Crippen molar-refractivity contribution in [3.63, 3.8) is 0 Å². The van der Waals surface area contributed by atoms with Crippen LogP contribution in [0.3, 0.4) is 0 Å². The molecule has 0 aliphatic rings. The fourth-order valence-corrected chi connectivity index (χ4v) is 5.27. The molecule has 0 heterocycles. The van der Waals surface area contributed by atoms with Crippen molar-refractivity contribution in [1.29, 1.82) is 0 Å². The highest BCUT2D eigenvalue weighted by Crippen LogP contribution is 2.54. The molecular formula is C20H39O6P. The van der Waals surface area contributed by atoms with Gasteiger partial charge in [0.25, 0.3) is 0 Å². The van der Waals surface area contributed by atoms with E-state index < -0.39 is 19.3 Å². The summed E-state index contributed by atoms with van der Waals surface area (Å²) < 4.78 is 12.7. The van der Waals surface area contributed by atoms with Crippen LogP contribution in [0.15, 0.2) is 0 Å². The highest BCUT2D eigenvalue weighted by atomic mass is 31.2. The standard InChI is InChI=1S/C20H39O6P/c1-17(13-9-5-3-7-11-15-19(21)22)27(25,26)18(2)14-10-6-4-8-12-16-20(23)24/h17-18H,3-16H2,1-2H3,(H,21,22)(H,23,24)(H,25,26). The van der Waals surface area contributed by atoms with Gasteiger partial charge in [-0.15, -0.1) is 0 Å². The van der Waals surface area contributed by atoms with Crippen LogP contribution in [0, 0.1) is 0 Å². The molecule has 160 valence electrons. The Morgan fingerprint density at radius 2 is 0.963 bits per heavy atom. The van der Waals surface area contributed by atoms with Crippen molar-refractivity contribution in [2.75, 3.05) is 0 Å². The van der Waals surface area contributed by atoms with E-state index in [1.165, 1.54) is 0 Å². The van der Waals surface area contributed by atoms with Gasteiger partial charge in [0.2, 0.25) is 7.37 Å². The zero-order valence-corrected chi connectivity index (χ0v) is 18.0. The summed E-state index contributed by atoms with van der Waals surface area (Å²) in [6.45, 7) is 3.74. The summed E-state index contributed by atoms with van der Waals surface area (Å²) in [5.41, 5.74) is -0.385. The number of hydrogen-bond donors (Lipinski definition) is 3. The lowest BCUT2D eigenvalue weighted by Crippen LogP contribution is -2.14. The van der Waals surface area contributed by atoms with Crippen LogP contribution in [0.2, 0.25) is 0 Å². The molecule has 0 aromatic rings. The maximum atomic E-state index is 12.7. The van der Waals surface area contributed by atoms with E-state index in [2.05, 4.69) is 0 Å². The molecule has 0 spiro atoms. The highest BCUT2D eigenvalue weighted by Gasteiger charge is 2.32. The zero-order valence-electron chi connectivity index (χ0n) is 17.1. The van der Waals surface area contributed by atoms with Gasteiger partial charge in [-0.25, -0.2) is 0 Å². The molecule has 7 heteroatoms. The van der Waals surface area contributed by atoms with Gasteiger partial charge in [-0.2, -0.15) is 0 Å². The zero-order chi connectivity index (χ0) is 20.7. The molecule has 2 atom stereocenters. The SMILES string of the molecule is CC(CCCCCCCC(=O)O)P(=O)(O)C(C)CCCCCCCC(=O)O. The first-order valence-corrected chi connectivity index (χ1v) is 12.2. The second-order valence-corrected chi connectivity index (χ2v) is 10.9. The minimum Gasteiger partial charge on any atom is -0.481 e. The molecule has 6 nitrogen and oxygen atoms in total. The number of aliphatic carboxylic acids is 2. The minimum absolute atomic E-state index is 0.193. The third kappa shape index (κ3) is 13.9. The predicted molar refractivity (Wildman–Crippen MR) is 109 cm³/mol. The molecule has 0 bridgehead atoms. The second-order valence-electron chi connectivity index (χ2n) is 7.77. The molecular weight excluding hydrogens is 367 g/mol. The summed E-state index contributed by atoms with van der Waals surface area (Å²) in [5, 5.41) is 17.2. The lowest BCUT2D eigenvalue weighted by Gasteiger charge is -2.25. The van der Waals surface area contributed by atoms with E-state index in [4.69, 9.17) is 10.2 Å². The Bertz CT molecular complexity index is 427. The molecule has 2 unspecified atom stereocenters. The van der Waals surface area contributed by atoms with Gasteiger partial charge in [0, 0.05) is 24.2 Å². The molecule has 0 saturated carbocycles. The molecule has 3 N–H and O–H groups in total. The van der Waals surface area contributed by atoms with E-state index in [9.17, 15) is 19.0 Å². The maximum absolute atomic E-state index is 12.7. The fourth-order valence-electron chi connectivity index (χ4n) is 3.30. The van der Waals surface area contributed by atoms with E-state index in [0.29, 0.717) is 12.8 Å². The molecule has 0 aromatic heterocycles. The Hall–Kier alpha value is -0.870. The Balaban J connectivity index is 3.84. The predicted octanol–water partition coefficient (Wildman–Crippen LogP) is 5.66. The normalized spacial score (nSPS) is 15.8. The van der Waals surface area contributed by atoms with Crippen LogP contribution in [-0.4, -0.2) is 38.4 Å². The fraction of sp³-hybridized carbons (Fsp3) is 0.900. The number of carbonyl (C=O) groups is 2. The third-order valence-corrected chi connectivity index (χ3v) is 8.33. The van der Waals surface area contributed by atoms with Gasteiger partial charge in [0.15, 0.2) is 0 Å². The monoisotopic (exact) mass is 406 g/mol. The van der Waals surface area contributed by atoms with Crippen LogP contribution < -0.4 is 0 Å².